The van der Waals surface area contributed by atoms with E-state index in [0.717, 1.165) is 11.6 Å². The fraction of sp³-hybridized carbons (Fsp3) is 0.462. The average molecular weight is 244 g/mol. The minimum Gasteiger partial charge on any atom is -0.300 e. The fourth-order valence-corrected chi connectivity index (χ4v) is 1.74. The van der Waals surface area contributed by atoms with E-state index in [4.69, 9.17) is 0 Å². The summed E-state index contributed by atoms with van der Waals surface area (Å²) in [6, 6.07) is 4.14. The second kappa shape index (κ2) is 5.34. The van der Waals surface area contributed by atoms with Gasteiger partial charge in [-0.3, -0.25) is 0 Å². The Labute approximate surface area is 98.6 Å². The van der Waals surface area contributed by atoms with E-state index in [2.05, 4.69) is 0 Å². The van der Waals surface area contributed by atoms with Crippen LogP contribution < -0.4 is 0 Å². The van der Waals surface area contributed by atoms with Crippen LogP contribution in [0.1, 0.15) is 36.5 Å². The summed E-state index contributed by atoms with van der Waals surface area (Å²) in [6.07, 6.45) is -2.50. The van der Waals surface area contributed by atoms with E-state index < -0.39 is 11.7 Å². The van der Waals surface area contributed by atoms with Gasteiger partial charge in [0.15, 0.2) is 0 Å². The van der Waals surface area contributed by atoms with Crippen molar-refractivity contribution in [2.45, 2.75) is 39.3 Å². The average Bonchev–Trinajstić information content (AvgIpc) is 2.14. The lowest BCUT2D eigenvalue weighted by atomic mass is 10.0. The van der Waals surface area contributed by atoms with Crippen LogP contribution in [0.25, 0.3) is 0 Å². The number of ketones is 1. The predicted octanol–water partition coefficient (Wildman–Crippen LogP) is 3.93. The molecule has 0 aliphatic heterocycles. The van der Waals surface area contributed by atoms with Crippen molar-refractivity contribution in [1.82, 2.24) is 0 Å². The lowest BCUT2D eigenvalue weighted by molar-refractivity contribution is -0.138. The molecule has 4 heteroatoms. The monoisotopic (exact) mass is 244 g/mol. The molecule has 0 fully saturated rings. The van der Waals surface area contributed by atoms with E-state index in [-0.39, 0.29) is 11.3 Å². The zero-order chi connectivity index (χ0) is 13.1. The molecule has 0 amide bonds. The molecule has 0 spiro atoms. The number of aryl methyl sites for hydroxylation is 2. The van der Waals surface area contributed by atoms with E-state index in [1.165, 1.54) is 19.9 Å². The van der Waals surface area contributed by atoms with Crippen LogP contribution in [0.4, 0.5) is 13.2 Å². The van der Waals surface area contributed by atoms with Crippen LogP contribution in [0.2, 0.25) is 0 Å². The van der Waals surface area contributed by atoms with Crippen molar-refractivity contribution in [3.8, 4) is 0 Å². The van der Waals surface area contributed by atoms with Gasteiger partial charge in [-0.05, 0) is 43.9 Å². The molecule has 0 N–H and O–H groups in total. The van der Waals surface area contributed by atoms with Crippen LogP contribution >= 0.6 is 0 Å². The molecule has 1 rings (SSSR count). The Morgan fingerprint density at radius 1 is 1.29 bits per heavy atom. The highest BCUT2D eigenvalue weighted by Crippen LogP contribution is 2.32. The molecule has 1 aromatic rings. The van der Waals surface area contributed by atoms with Crippen LogP contribution in [0, 0.1) is 6.92 Å². The van der Waals surface area contributed by atoms with E-state index in [1.807, 2.05) is 0 Å². The molecule has 94 valence electrons. The maximum absolute atomic E-state index is 12.5. The van der Waals surface area contributed by atoms with Gasteiger partial charge in [0.1, 0.15) is 5.78 Å². The highest BCUT2D eigenvalue weighted by atomic mass is 19.4. The van der Waals surface area contributed by atoms with Crippen molar-refractivity contribution in [2.75, 3.05) is 0 Å². The third-order valence-corrected chi connectivity index (χ3v) is 2.59. The molecule has 0 aliphatic rings. The quantitative estimate of drug-likeness (QED) is 0.784. The molecule has 0 heterocycles. The van der Waals surface area contributed by atoms with Crippen LogP contribution in [0.5, 0.6) is 0 Å². The first-order chi connectivity index (χ1) is 7.80. The number of rotatable bonds is 4. The van der Waals surface area contributed by atoms with Crippen LogP contribution in [-0.2, 0) is 17.4 Å². The zero-order valence-corrected chi connectivity index (χ0v) is 9.90. The van der Waals surface area contributed by atoms with Gasteiger partial charge in [-0.25, -0.2) is 0 Å². The third kappa shape index (κ3) is 4.21. The second-order valence-corrected chi connectivity index (χ2v) is 4.20. The molecule has 0 aliphatic carbocycles. The smallest absolute Gasteiger partial charge is 0.300 e. The summed E-state index contributed by atoms with van der Waals surface area (Å²) in [4.78, 5) is 10.7. The molecule has 0 saturated carbocycles. The summed E-state index contributed by atoms with van der Waals surface area (Å²) in [5, 5.41) is 0. The van der Waals surface area contributed by atoms with Gasteiger partial charge in [0.25, 0.3) is 0 Å². The van der Waals surface area contributed by atoms with E-state index in [1.54, 1.807) is 6.07 Å². The van der Waals surface area contributed by atoms with Gasteiger partial charge in [-0.2, -0.15) is 13.2 Å². The summed E-state index contributed by atoms with van der Waals surface area (Å²) < 4.78 is 37.5. The second-order valence-electron chi connectivity index (χ2n) is 4.20. The van der Waals surface area contributed by atoms with Crippen LogP contribution in [0.3, 0.4) is 0 Å². The predicted molar refractivity (Wildman–Crippen MR) is 59.8 cm³/mol. The molecular weight excluding hydrogens is 229 g/mol. The van der Waals surface area contributed by atoms with Crippen molar-refractivity contribution >= 4 is 5.78 Å². The Kier molecular flexibility index (Phi) is 4.32. The Hall–Kier alpha value is -1.32. The van der Waals surface area contributed by atoms with Crippen molar-refractivity contribution in [2.24, 2.45) is 0 Å². The number of Topliss-reactive ketones (excluding diaryl/α,β-unsaturated/α-hetero) is 1. The van der Waals surface area contributed by atoms with E-state index in [0.29, 0.717) is 19.3 Å². The van der Waals surface area contributed by atoms with Crippen molar-refractivity contribution < 1.29 is 18.0 Å². The highest BCUT2D eigenvalue weighted by Gasteiger charge is 2.31. The molecule has 1 nitrogen and oxygen atoms in total. The van der Waals surface area contributed by atoms with Crippen molar-refractivity contribution in [3.63, 3.8) is 0 Å². The van der Waals surface area contributed by atoms with Gasteiger partial charge >= 0.3 is 6.18 Å². The summed E-state index contributed by atoms with van der Waals surface area (Å²) in [5.41, 5.74) is 0.488. The third-order valence-electron chi connectivity index (χ3n) is 2.59. The topological polar surface area (TPSA) is 17.1 Å². The molecule has 0 atom stereocenters. The Morgan fingerprint density at radius 2 is 1.94 bits per heavy atom. The lowest BCUT2D eigenvalue weighted by Gasteiger charge is -2.11. The maximum Gasteiger partial charge on any atom is 0.416 e. The summed E-state index contributed by atoms with van der Waals surface area (Å²) in [6.45, 7) is 2.97. The fourth-order valence-electron chi connectivity index (χ4n) is 1.74. The molecule has 17 heavy (non-hydrogen) atoms. The minimum absolute atomic E-state index is 0.105. The first-order valence-electron chi connectivity index (χ1n) is 5.47. The molecule has 0 unspecified atom stereocenters. The first-order valence-corrected chi connectivity index (χ1v) is 5.47. The summed E-state index contributed by atoms with van der Waals surface area (Å²) >= 11 is 0. The van der Waals surface area contributed by atoms with Crippen molar-refractivity contribution in [3.05, 3.63) is 34.9 Å². The number of benzene rings is 1. The van der Waals surface area contributed by atoms with Gasteiger partial charge in [0.05, 0.1) is 5.56 Å². The zero-order valence-electron chi connectivity index (χ0n) is 9.90. The molecule has 1 aromatic carbocycles. The largest absolute Gasteiger partial charge is 0.416 e. The summed E-state index contributed by atoms with van der Waals surface area (Å²) in [7, 11) is 0. The number of carbonyl (C=O) groups excluding carboxylic acids is 1. The minimum atomic E-state index is -4.29. The normalized spacial score (nSPS) is 11.6. The van der Waals surface area contributed by atoms with Gasteiger partial charge in [-0.15, -0.1) is 0 Å². The SMILES string of the molecule is CC(=O)CCCc1ccc(C(F)(F)F)c(C)c1. The molecular formula is C13H15F3O. The highest BCUT2D eigenvalue weighted by molar-refractivity contribution is 5.75. The van der Waals surface area contributed by atoms with Crippen LogP contribution in [-0.4, -0.2) is 5.78 Å². The Balaban J connectivity index is 2.72. The van der Waals surface area contributed by atoms with E-state index in [9.17, 15) is 18.0 Å². The molecule has 0 saturated heterocycles. The summed E-state index contributed by atoms with van der Waals surface area (Å²) in [5.74, 6) is 0.105. The number of alkyl halides is 3. The number of hydrogen-bond donors (Lipinski definition) is 0. The standard InChI is InChI=1S/C13H15F3O/c1-9-8-11(5-3-4-10(2)17)6-7-12(9)13(14,15)16/h6-8H,3-5H2,1-2H3. The molecule has 0 aromatic heterocycles. The van der Waals surface area contributed by atoms with Gasteiger partial charge < -0.3 is 4.79 Å². The number of carbonyl (C=O) groups is 1. The number of halogens is 3. The molecule has 0 radical (unpaired) electrons. The van der Waals surface area contributed by atoms with Crippen molar-refractivity contribution in [1.29, 1.82) is 0 Å². The van der Waals surface area contributed by atoms with Crippen LogP contribution in [0.15, 0.2) is 18.2 Å². The first kappa shape index (κ1) is 13.7. The van der Waals surface area contributed by atoms with E-state index >= 15 is 0 Å². The Morgan fingerprint density at radius 3 is 2.41 bits per heavy atom. The van der Waals surface area contributed by atoms with Gasteiger partial charge in [0, 0.05) is 6.42 Å². The maximum atomic E-state index is 12.5. The number of hydrogen-bond acceptors (Lipinski definition) is 1. The Bertz CT molecular complexity index is 408. The van der Waals surface area contributed by atoms with Gasteiger partial charge in [0.2, 0.25) is 0 Å². The molecule has 0 bridgehead atoms. The lowest BCUT2D eigenvalue weighted by Crippen LogP contribution is -2.07. The van der Waals surface area contributed by atoms with Gasteiger partial charge in [-0.1, -0.05) is 12.1 Å².